The summed E-state index contributed by atoms with van der Waals surface area (Å²) in [5.74, 6) is 1.78. The molecule has 3 N–H and O–H groups in total. The Bertz CT molecular complexity index is 689. The topological polar surface area (TPSA) is 67.1 Å². The zero-order valence-corrected chi connectivity index (χ0v) is 13.5. The fraction of sp³-hybridized carbons (Fsp3) is 0.444. The summed E-state index contributed by atoms with van der Waals surface area (Å²) in [5.41, 5.74) is 9.96. The van der Waals surface area contributed by atoms with Crippen molar-refractivity contribution in [3.05, 3.63) is 47.2 Å². The fourth-order valence-electron chi connectivity index (χ4n) is 3.81. The maximum Gasteiger partial charge on any atom is 0.222 e. The van der Waals surface area contributed by atoms with E-state index in [1.165, 1.54) is 11.1 Å². The summed E-state index contributed by atoms with van der Waals surface area (Å²) < 4.78 is 0. The van der Waals surface area contributed by atoms with Crippen LogP contribution in [0.1, 0.15) is 29.2 Å². The van der Waals surface area contributed by atoms with Gasteiger partial charge in [0, 0.05) is 31.1 Å². The second-order valence-corrected chi connectivity index (χ2v) is 6.60. The van der Waals surface area contributed by atoms with E-state index >= 15 is 0 Å². The van der Waals surface area contributed by atoms with Crippen LogP contribution in [0.2, 0.25) is 0 Å². The molecule has 0 unspecified atom stereocenters. The Balaban J connectivity index is 1.59. The highest BCUT2D eigenvalue weighted by atomic mass is 15.2. The predicted molar refractivity (Wildman–Crippen MR) is 92.7 cm³/mol. The first kappa shape index (κ1) is 14.5. The minimum atomic E-state index is 0.390. The SMILES string of the molecule is CN[C@@H]1CCN(c2cc(C3Cc4ccccc4C3)nc(N)n2)C1. The normalized spacial score (nSPS) is 20.9. The van der Waals surface area contributed by atoms with E-state index in [1.807, 2.05) is 7.05 Å². The van der Waals surface area contributed by atoms with Crippen molar-refractivity contribution in [2.75, 3.05) is 30.8 Å². The maximum atomic E-state index is 6.00. The van der Waals surface area contributed by atoms with Crippen molar-refractivity contribution in [1.82, 2.24) is 15.3 Å². The number of rotatable bonds is 3. The molecule has 1 fully saturated rings. The molecule has 120 valence electrons. The van der Waals surface area contributed by atoms with Crippen LogP contribution in [-0.4, -0.2) is 36.1 Å². The Morgan fingerprint density at radius 1 is 1.17 bits per heavy atom. The van der Waals surface area contributed by atoms with Crippen LogP contribution in [0.5, 0.6) is 0 Å². The first-order valence-corrected chi connectivity index (χ1v) is 8.36. The average Bonchev–Trinajstić information content (AvgIpc) is 3.21. The number of nitrogens with one attached hydrogen (secondary N) is 1. The quantitative estimate of drug-likeness (QED) is 0.904. The number of nitrogen functional groups attached to an aromatic ring is 1. The molecule has 0 saturated carbocycles. The Morgan fingerprint density at radius 3 is 2.57 bits per heavy atom. The molecule has 1 aliphatic carbocycles. The zero-order chi connectivity index (χ0) is 15.8. The first-order chi connectivity index (χ1) is 11.2. The van der Waals surface area contributed by atoms with Crippen LogP contribution in [-0.2, 0) is 12.8 Å². The number of hydrogen-bond acceptors (Lipinski definition) is 5. The predicted octanol–water partition coefficient (Wildman–Crippen LogP) is 1.74. The third-order valence-corrected chi connectivity index (χ3v) is 5.14. The third kappa shape index (κ3) is 2.77. The number of nitrogens with two attached hydrogens (primary N) is 1. The highest BCUT2D eigenvalue weighted by molar-refractivity contribution is 5.47. The second-order valence-electron chi connectivity index (χ2n) is 6.60. The van der Waals surface area contributed by atoms with Gasteiger partial charge in [0.2, 0.25) is 5.95 Å². The molecular formula is C18H23N5. The minimum Gasteiger partial charge on any atom is -0.368 e. The molecule has 1 aromatic heterocycles. The number of anilines is 2. The fourth-order valence-corrected chi connectivity index (χ4v) is 3.81. The highest BCUT2D eigenvalue weighted by Gasteiger charge is 2.27. The van der Waals surface area contributed by atoms with E-state index < -0.39 is 0 Å². The molecule has 0 spiro atoms. The van der Waals surface area contributed by atoms with Gasteiger partial charge in [0.25, 0.3) is 0 Å². The molecule has 0 radical (unpaired) electrons. The smallest absolute Gasteiger partial charge is 0.222 e. The number of aromatic nitrogens is 2. The van der Waals surface area contributed by atoms with Crippen LogP contribution in [0.25, 0.3) is 0 Å². The van der Waals surface area contributed by atoms with Gasteiger partial charge in [0.05, 0.1) is 5.69 Å². The van der Waals surface area contributed by atoms with Crippen LogP contribution in [0.4, 0.5) is 11.8 Å². The summed E-state index contributed by atoms with van der Waals surface area (Å²) in [5, 5.41) is 3.34. The van der Waals surface area contributed by atoms with Crippen molar-refractivity contribution in [3.63, 3.8) is 0 Å². The minimum absolute atomic E-state index is 0.390. The molecule has 1 aliphatic heterocycles. The molecule has 1 atom stereocenters. The molecule has 4 rings (SSSR count). The van der Waals surface area contributed by atoms with Crippen molar-refractivity contribution in [2.45, 2.75) is 31.2 Å². The van der Waals surface area contributed by atoms with Gasteiger partial charge in [-0.2, -0.15) is 4.98 Å². The lowest BCUT2D eigenvalue weighted by Gasteiger charge is -2.19. The summed E-state index contributed by atoms with van der Waals surface area (Å²) >= 11 is 0. The standard InChI is InChI=1S/C18H23N5/c1-20-15-6-7-23(11-15)17-10-16(21-18(19)22-17)14-8-12-4-2-3-5-13(12)9-14/h2-5,10,14-15,20H,6-9,11H2,1H3,(H2,19,21,22)/t15-/m1/s1. The van der Waals surface area contributed by atoms with Crippen LogP contribution >= 0.6 is 0 Å². The molecule has 0 amide bonds. The van der Waals surface area contributed by atoms with Crippen LogP contribution < -0.4 is 16.0 Å². The van der Waals surface area contributed by atoms with Crippen molar-refractivity contribution < 1.29 is 0 Å². The van der Waals surface area contributed by atoms with Crippen molar-refractivity contribution in [3.8, 4) is 0 Å². The molecule has 0 bridgehead atoms. The molecule has 2 aliphatic rings. The number of hydrogen-bond donors (Lipinski definition) is 2. The van der Waals surface area contributed by atoms with Gasteiger partial charge in [-0.3, -0.25) is 0 Å². The van der Waals surface area contributed by atoms with Crippen LogP contribution in [0.15, 0.2) is 30.3 Å². The van der Waals surface area contributed by atoms with E-state index in [1.54, 1.807) is 0 Å². The van der Waals surface area contributed by atoms with Gasteiger partial charge in [0.1, 0.15) is 5.82 Å². The molecule has 5 nitrogen and oxygen atoms in total. The number of benzene rings is 1. The van der Waals surface area contributed by atoms with Crippen LogP contribution in [0.3, 0.4) is 0 Å². The molecule has 5 heteroatoms. The summed E-state index contributed by atoms with van der Waals surface area (Å²) in [6.45, 7) is 2.00. The Hall–Kier alpha value is -2.14. The number of nitrogens with zero attached hydrogens (tertiary/aromatic N) is 3. The zero-order valence-electron chi connectivity index (χ0n) is 13.5. The van der Waals surface area contributed by atoms with Gasteiger partial charge in [-0.1, -0.05) is 24.3 Å². The Labute approximate surface area is 136 Å². The molecule has 1 saturated heterocycles. The second kappa shape index (κ2) is 5.81. The summed E-state index contributed by atoms with van der Waals surface area (Å²) in [7, 11) is 2.02. The maximum absolute atomic E-state index is 6.00. The van der Waals surface area contributed by atoms with Crippen molar-refractivity contribution in [2.24, 2.45) is 0 Å². The first-order valence-electron chi connectivity index (χ1n) is 8.36. The van der Waals surface area contributed by atoms with E-state index in [4.69, 9.17) is 5.73 Å². The van der Waals surface area contributed by atoms with E-state index in [0.717, 1.165) is 43.9 Å². The van der Waals surface area contributed by atoms with Gasteiger partial charge in [-0.25, -0.2) is 4.98 Å². The summed E-state index contributed by atoms with van der Waals surface area (Å²) in [6.07, 6.45) is 3.24. The van der Waals surface area contributed by atoms with E-state index in [2.05, 4.69) is 50.5 Å². The molecule has 2 heterocycles. The summed E-state index contributed by atoms with van der Waals surface area (Å²) in [4.78, 5) is 11.3. The van der Waals surface area contributed by atoms with Crippen molar-refractivity contribution >= 4 is 11.8 Å². The van der Waals surface area contributed by atoms with E-state index in [0.29, 0.717) is 17.9 Å². The van der Waals surface area contributed by atoms with Gasteiger partial charge in [-0.15, -0.1) is 0 Å². The van der Waals surface area contributed by atoms with Gasteiger partial charge in [0.15, 0.2) is 0 Å². The van der Waals surface area contributed by atoms with Gasteiger partial charge in [-0.05, 0) is 37.4 Å². The largest absolute Gasteiger partial charge is 0.368 e. The molecule has 23 heavy (non-hydrogen) atoms. The highest BCUT2D eigenvalue weighted by Crippen LogP contribution is 2.34. The Morgan fingerprint density at radius 2 is 1.91 bits per heavy atom. The molecule has 2 aromatic rings. The van der Waals surface area contributed by atoms with E-state index in [9.17, 15) is 0 Å². The lowest BCUT2D eigenvalue weighted by atomic mass is 10.0. The van der Waals surface area contributed by atoms with Crippen LogP contribution in [0, 0.1) is 0 Å². The van der Waals surface area contributed by atoms with Gasteiger partial charge >= 0.3 is 0 Å². The third-order valence-electron chi connectivity index (χ3n) is 5.14. The summed E-state index contributed by atoms with van der Waals surface area (Å²) in [6, 6.07) is 11.3. The lowest BCUT2D eigenvalue weighted by molar-refractivity contribution is 0.616. The number of likely N-dealkylation sites (N-methyl/N-ethyl adjacent to an activating group) is 1. The Kier molecular flexibility index (Phi) is 3.65. The van der Waals surface area contributed by atoms with Gasteiger partial charge < -0.3 is 16.0 Å². The van der Waals surface area contributed by atoms with E-state index in [-0.39, 0.29) is 0 Å². The molecular weight excluding hydrogens is 286 g/mol. The molecule has 1 aromatic carbocycles. The monoisotopic (exact) mass is 309 g/mol. The number of fused-ring (bicyclic) bond motifs is 1. The lowest BCUT2D eigenvalue weighted by Crippen LogP contribution is -2.30. The van der Waals surface area contributed by atoms with Crippen molar-refractivity contribution in [1.29, 1.82) is 0 Å². The average molecular weight is 309 g/mol.